The van der Waals surface area contributed by atoms with Crippen LogP contribution >= 0.6 is 0 Å². The summed E-state index contributed by atoms with van der Waals surface area (Å²) in [6, 6.07) is 10.2. The molecule has 3 rings (SSSR count). The van der Waals surface area contributed by atoms with E-state index in [0.717, 1.165) is 12.1 Å². The SMILES string of the molecule is CCN(CC)C(=O)C1CN(CCS(=O)(=O)c2ccccc2)CCN1C(=O)c1ccc(F)c(F)c1. The second kappa shape index (κ2) is 11.1. The van der Waals surface area contributed by atoms with Crippen molar-refractivity contribution in [1.29, 1.82) is 0 Å². The van der Waals surface area contributed by atoms with E-state index in [1.54, 1.807) is 35.2 Å². The summed E-state index contributed by atoms with van der Waals surface area (Å²) in [5.74, 6) is -3.16. The van der Waals surface area contributed by atoms with Gasteiger partial charge in [-0.15, -0.1) is 0 Å². The molecule has 1 saturated heterocycles. The molecule has 0 aromatic heterocycles. The molecular formula is C24H29F2N3O4S. The fourth-order valence-electron chi connectivity index (χ4n) is 4.03. The van der Waals surface area contributed by atoms with Crippen LogP contribution in [0.1, 0.15) is 24.2 Å². The smallest absolute Gasteiger partial charge is 0.254 e. The molecular weight excluding hydrogens is 464 g/mol. The van der Waals surface area contributed by atoms with E-state index in [4.69, 9.17) is 0 Å². The zero-order valence-corrected chi connectivity index (χ0v) is 20.1. The molecule has 2 aromatic carbocycles. The summed E-state index contributed by atoms with van der Waals surface area (Å²) in [5.41, 5.74) is -0.0450. The number of halogens is 2. The summed E-state index contributed by atoms with van der Waals surface area (Å²) in [7, 11) is -3.50. The first-order valence-electron chi connectivity index (χ1n) is 11.2. The number of likely N-dealkylation sites (N-methyl/N-ethyl adjacent to an activating group) is 1. The zero-order chi connectivity index (χ0) is 24.9. The third-order valence-corrected chi connectivity index (χ3v) is 7.74. The van der Waals surface area contributed by atoms with Crippen LogP contribution in [0.4, 0.5) is 8.78 Å². The Bertz CT molecular complexity index is 1120. The Kier molecular flexibility index (Phi) is 8.37. The lowest BCUT2D eigenvalue weighted by molar-refractivity contribution is -0.137. The van der Waals surface area contributed by atoms with Crippen LogP contribution in [0.3, 0.4) is 0 Å². The van der Waals surface area contributed by atoms with Gasteiger partial charge in [0.15, 0.2) is 21.5 Å². The van der Waals surface area contributed by atoms with Crippen LogP contribution in [0.15, 0.2) is 53.4 Å². The lowest BCUT2D eigenvalue weighted by Gasteiger charge is -2.42. The standard InChI is InChI=1S/C24H29F2N3O4S/c1-3-28(4-2)24(31)22-17-27(14-15-34(32,33)19-8-6-5-7-9-19)12-13-29(22)23(30)18-10-11-20(25)21(26)16-18/h5-11,16,22H,3-4,12-15,17H2,1-2H3. The van der Waals surface area contributed by atoms with Gasteiger partial charge in [0, 0.05) is 44.8 Å². The van der Waals surface area contributed by atoms with Crippen molar-refractivity contribution in [3.05, 3.63) is 65.7 Å². The topological polar surface area (TPSA) is 78.0 Å². The normalized spacial score (nSPS) is 16.9. The van der Waals surface area contributed by atoms with Crippen molar-refractivity contribution in [3.8, 4) is 0 Å². The predicted molar refractivity (Wildman–Crippen MR) is 124 cm³/mol. The Morgan fingerprint density at radius 3 is 2.29 bits per heavy atom. The van der Waals surface area contributed by atoms with E-state index in [1.807, 2.05) is 18.7 Å². The Morgan fingerprint density at radius 2 is 1.68 bits per heavy atom. The first-order chi connectivity index (χ1) is 16.2. The highest BCUT2D eigenvalue weighted by atomic mass is 32.2. The largest absolute Gasteiger partial charge is 0.341 e. The third-order valence-electron chi connectivity index (χ3n) is 6.03. The van der Waals surface area contributed by atoms with Crippen molar-refractivity contribution in [2.45, 2.75) is 24.8 Å². The lowest BCUT2D eigenvalue weighted by Crippen LogP contribution is -2.61. The Balaban J connectivity index is 1.79. The number of hydrogen-bond acceptors (Lipinski definition) is 5. The first kappa shape index (κ1) is 25.8. The van der Waals surface area contributed by atoms with E-state index < -0.39 is 33.4 Å². The minimum absolute atomic E-state index is 0.0450. The van der Waals surface area contributed by atoms with Crippen LogP contribution in [-0.2, 0) is 14.6 Å². The molecule has 1 heterocycles. The van der Waals surface area contributed by atoms with Crippen LogP contribution < -0.4 is 0 Å². The van der Waals surface area contributed by atoms with Gasteiger partial charge >= 0.3 is 0 Å². The highest BCUT2D eigenvalue weighted by Gasteiger charge is 2.37. The Morgan fingerprint density at radius 1 is 1.00 bits per heavy atom. The fraction of sp³-hybridized carbons (Fsp3) is 0.417. The van der Waals surface area contributed by atoms with Gasteiger partial charge in [-0.2, -0.15) is 0 Å². The average molecular weight is 494 g/mol. The van der Waals surface area contributed by atoms with E-state index in [2.05, 4.69) is 0 Å². The van der Waals surface area contributed by atoms with Gasteiger partial charge in [0.05, 0.1) is 10.6 Å². The number of piperazine rings is 1. The molecule has 0 bridgehead atoms. The van der Waals surface area contributed by atoms with Crippen LogP contribution in [0.5, 0.6) is 0 Å². The molecule has 0 radical (unpaired) electrons. The number of sulfone groups is 1. The number of carbonyl (C=O) groups excluding carboxylic acids is 2. The quantitative estimate of drug-likeness (QED) is 0.565. The van der Waals surface area contributed by atoms with Crippen molar-refractivity contribution in [1.82, 2.24) is 14.7 Å². The minimum Gasteiger partial charge on any atom is -0.341 e. The lowest BCUT2D eigenvalue weighted by atomic mass is 10.1. The van der Waals surface area contributed by atoms with Crippen molar-refractivity contribution in [2.75, 3.05) is 45.0 Å². The van der Waals surface area contributed by atoms with Crippen molar-refractivity contribution >= 4 is 21.7 Å². The second-order valence-corrected chi connectivity index (χ2v) is 10.2. The summed E-state index contributed by atoms with van der Waals surface area (Å²) in [6.45, 7) is 5.40. The summed E-state index contributed by atoms with van der Waals surface area (Å²) < 4.78 is 52.4. The van der Waals surface area contributed by atoms with Gasteiger partial charge in [0.25, 0.3) is 5.91 Å². The van der Waals surface area contributed by atoms with Crippen molar-refractivity contribution in [3.63, 3.8) is 0 Å². The van der Waals surface area contributed by atoms with Gasteiger partial charge in [-0.3, -0.25) is 14.5 Å². The van der Waals surface area contributed by atoms with E-state index in [9.17, 15) is 26.8 Å². The average Bonchev–Trinajstić information content (AvgIpc) is 2.85. The summed E-state index contributed by atoms with van der Waals surface area (Å²) in [4.78, 5) is 31.4. The molecule has 1 atom stereocenters. The third kappa shape index (κ3) is 5.79. The molecule has 2 amide bonds. The molecule has 7 nitrogen and oxygen atoms in total. The molecule has 1 aliphatic heterocycles. The van der Waals surface area contributed by atoms with Crippen LogP contribution in [0.25, 0.3) is 0 Å². The van der Waals surface area contributed by atoms with Gasteiger partial charge < -0.3 is 9.80 Å². The van der Waals surface area contributed by atoms with Gasteiger partial charge in [-0.1, -0.05) is 18.2 Å². The van der Waals surface area contributed by atoms with Crippen LogP contribution in [0.2, 0.25) is 0 Å². The highest BCUT2D eigenvalue weighted by Crippen LogP contribution is 2.19. The van der Waals surface area contributed by atoms with Gasteiger partial charge in [-0.25, -0.2) is 17.2 Å². The maximum absolute atomic E-state index is 13.7. The molecule has 2 aromatic rings. The Labute approximate surface area is 198 Å². The summed E-state index contributed by atoms with van der Waals surface area (Å²) in [6.07, 6.45) is 0. The minimum atomic E-state index is -3.50. The monoisotopic (exact) mass is 493 g/mol. The van der Waals surface area contributed by atoms with Gasteiger partial charge in [0.2, 0.25) is 5.91 Å². The number of hydrogen-bond donors (Lipinski definition) is 0. The van der Waals surface area contributed by atoms with Crippen molar-refractivity contribution in [2.24, 2.45) is 0 Å². The highest BCUT2D eigenvalue weighted by molar-refractivity contribution is 7.91. The predicted octanol–water partition coefficient (Wildman–Crippen LogP) is 2.43. The Hall–Kier alpha value is -2.85. The van der Waals surface area contributed by atoms with E-state index >= 15 is 0 Å². The molecule has 1 unspecified atom stereocenters. The summed E-state index contributed by atoms with van der Waals surface area (Å²) >= 11 is 0. The van der Waals surface area contributed by atoms with Crippen LogP contribution in [0, 0.1) is 11.6 Å². The molecule has 0 spiro atoms. The molecule has 184 valence electrons. The molecule has 0 saturated carbocycles. The van der Waals surface area contributed by atoms with E-state index in [-0.39, 0.29) is 41.8 Å². The maximum Gasteiger partial charge on any atom is 0.254 e. The number of nitrogens with zero attached hydrogens (tertiary/aromatic N) is 3. The fourth-order valence-corrected chi connectivity index (χ4v) is 5.34. The van der Waals surface area contributed by atoms with Crippen LogP contribution in [-0.4, -0.2) is 86.0 Å². The van der Waals surface area contributed by atoms with E-state index in [1.165, 1.54) is 11.0 Å². The van der Waals surface area contributed by atoms with Gasteiger partial charge in [-0.05, 0) is 44.2 Å². The molecule has 0 N–H and O–H groups in total. The maximum atomic E-state index is 13.7. The molecule has 34 heavy (non-hydrogen) atoms. The van der Waals surface area contributed by atoms with E-state index in [0.29, 0.717) is 19.6 Å². The summed E-state index contributed by atoms with van der Waals surface area (Å²) in [5, 5.41) is 0. The van der Waals surface area contributed by atoms with Crippen molar-refractivity contribution < 1.29 is 26.8 Å². The number of benzene rings is 2. The molecule has 10 heteroatoms. The first-order valence-corrected chi connectivity index (χ1v) is 12.9. The number of amides is 2. The number of rotatable bonds is 8. The molecule has 1 aliphatic rings. The van der Waals surface area contributed by atoms with Gasteiger partial charge in [0.1, 0.15) is 6.04 Å². The number of carbonyl (C=O) groups is 2. The molecule has 1 fully saturated rings. The zero-order valence-electron chi connectivity index (χ0n) is 19.3. The molecule has 0 aliphatic carbocycles. The second-order valence-electron chi connectivity index (χ2n) is 8.09.